The number of anilines is 1. The molecule has 2 aromatic rings. The fourth-order valence-electron chi connectivity index (χ4n) is 3.84. The molecule has 1 aliphatic heterocycles. The number of hydrogen-bond donors (Lipinski definition) is 1. The highest BCUT2D eigenvalue weighted by Crippen LogP contribution is 2.36. The average molecular weight is 451 g/mol. The Morgan fingerprint density at radius 1 is 0.970 bits per heavy atom. The third-order valence-electron chi connectivity index (χ3n) is 6.75. The molecule has 33 heavy (non-hydrogen) atoms. The van der Waals surface area contributed by atoms with Crippen LogP contribution in [0.1, 0.15) is 66.0 Å². The molecule has 0 aromatic heterocycles. The maximum atomic E-state index is 12.0. The Balaban J connectivity index is 1.71. The van der Waals surface area contributed by atoms with Crippen LogP contribution in [-0.2, 0) is 30.7 Å². The fraction of sp³-hybridized carbons (Fsp3) is 0.519. The molecule has 0 spiro atoms. The number of rotatable bonds is 7. The van der Waals surface area contributed by atoms with Crippen LogP contribution in [-0.4, -0.2) is 37.4 Å². The minimum atomic E-state index is -0.380. The van der Waals surface area contributed by atoms with Crippen LogP contribution in [0, 0.1) is 0 Å². The number of esters is 1. The Bertz CT molecular complexity index is 930. The molecule has 3 rings (SSSR count). The summed E-state index contributed by atoms with van der Waals surface area (Å²) in [6.45, 7) is 14.8. The highest BCUT2D eigenvalue weighted by atomic mass is 16.7. The summed E-state index contributed by atoms with van der Waals surface area (Å²) in [5, 5.41) is 3.51. The summed E-state index contributed by atoms with van der Waals surface area (Å²) in [6, 6.07) is 16.6. The molecule has 1 N–H and O–H groups in total. The quantitative estimate of drug-likeness (QED) is 0.481. The third kappa shape index (κ3) is 6.18. The second-order valence-electron chi connectivity index (χ2n) is 11.0. The van der Waals surface area contributed by atoms with Crippen LogP contribution in [0.2, 0.25) is 0 Å². The van der Waals surface area contributed by atoms with Crippen molar-refractivity contribution in [2.45, 2.75) is 84.0 Å². The highest BCUT2D eigenvalue weighted by molar-refractivity contribution is 6.62. The Hall–Kier alpha value is -2.31. The summed E-state index contributed by atoms with van der Waals surface area (Å²) >= 11 is 0. The Labute approximate surface area is 199 Å². The highest BCUT2D eigenvalue weighted by Gasteiger charge is 2.51. The fourth-order valence-corrected chi connectivity index (χ4v) is 3.84. The first-order chi connectivity index (χ1) is 15.3. The number of ether oxygens (including phenoxy) is 1. The lowest BCUT2D eigenvalue weighted by Crippen LogP contribution is -2.41. The van der Waals surface area contributed by atoms with Crippen molar-refractivity contribution >= 4 is 24.2 Å². The standard InChI is InChI=1S/C27H38BNO4/c1-25(2,3)20-11-15-22(16-12-20)29-23(18-24(30)31-8)17-19-9-13-21(14-10-19)28-32-26(4,5)27(6,7)33-28/h9-16,23,29H,17-18H2,1-8H3. The summed E-state index contributed by atoms with van der Waals surface area (Å²) in [7, 11) is 1.05. The van der Waals surface area contributed by atoms with Crippen molar-refractivity contribution in [3.05, 3.63) is 59.7 Å². The van der Waals surface area contributed by atoms with Crippen molar-refractivity contribution < 1.29 is 18.8 Å². The molecule has 1 heterocycles. The molecule has 0 bridgehead atoms. The minimum absolute atomic E-state index is 0.0827. The molecule has 0 saturated carbocycles. The van der Waals surface area contributed by atoms with Gasteiger partial charge in [-0.15, -0.1) is 0 Å². The lowest BCUT2D eigenvalue weighted by Gasteiger charge is -2.32. The molecule has 5 nitrogen and oxygen atoms in total. The van der Waals surface area contributed by atoms with Gasteiger partial charge < -0.3 is 19.4 Å². The normalized spacial score (nSPS) is 18.1. The number of hydrogen-bond acceptors (Lipinski definition) is 5. The molecular weight excluding hydrogens is 413 g/mol. The smallest absolute Gasteiger partial charge is 0.469 e. The van der Waals surface area contributed by atoms with Crippen LogP contribution in [0.4, 0.5) is 5.69 Å². The van der Waals surface area contributed by atoms with Crippen LogP contribution in [0.25, 0.3) is 0 Å². The molecule has 0 aliphatic carbocycles. The van der Waals surface area contributed by atoms with E-state index >= 15 is 0 Å². The molecule has 1 unspecified atom stereocenters. The van der Waals surface area contributed by atoms with E-state index in [4.69, 9.17) is 14.0 Å². The van der Waals surface area contributed by atoms with Crippen LogP contribution in [0.5, 0.6) is 0 Å². The van der Waals surface area contributed by atoms with E-state index in [0.717, 1.165) is 16.7 Å². The van der Waals surface area contributed by atoms with E-state index < -0.39 is 0 Å². The van der Waals surface area contributed by atoms with E-state index in [-0.39, 0.29) is 42.2 Å². The van der Waals surface area contributed by atoms with Gasteiger partial charge >= 0.3 is 13.1 Å². The van der Waals surface area contributed by atoms with E-state index in [1.807, 2.05) is 12.1 Å². The van der Waals surface area contributed by atoms with Crippen molar-refractivity contribution in [1.29, 1.82) is 0 Å². The van der Waals surface area contributed by atoms with Gasteiger partial charge in [0.05, 0.1) is 24.7 Å². The Morgan fingerprint density at radius 2 is 1.52 bits per heavy atom. The zero-order valence-corrected chi connectivity index (χ0v) is 21.3. The molecule has 0 amide bonds. The third-order valence-corrected chi connectivity index (χ3v) is 6.75. The molecule has 1 saturated heterocycles. The molecule has 178 valence electrons. The number of methoxy groups -OCH3 is 1. The SMILES string of the molecule is COC(=O)CC(Cc1ccc(B2OC(C)(C)C(C)(C)O2)cc1)Nc1ccc(C(C)(C)C)cc1. The van der Waals surface area contributed by atoms with Gasteiger partial charge in [0.25, 0.3) is 0 Å². The molecule has 2 aromatic carbocycles. The number of nitrogens with one attached hydrogen (secondary N) is 1. The van der Waals surface area contributed by atoms with Crippen LogP contribution < -0.4 is 10.8 Å². The Kier molecular flexibility index (Phi) is 7.30. The summed E-state index contributed by atoms with van der Waals surface area (Å²) in [4.78, 5) is 12.0. The lowest BCUT2D eigenvalue weighted by atomic mass is 9.78. The second kappa shape index (κ2) is 9.51. The van der Waals surface area contributed by atoms with E-state index in [9.17, 15) is 4.79 Å². The average Bonchev–Trinajstić information content (AvgIpc) is 2.95. The van der Waals surface area contributed by atoms with Crippen molar-refractivity contribution in [3.8, 4) is 0 Å². The molecule has 6 heteroatoms. The summed E-state index contributed by atoms with van der Waals surface area (Å²) in [5.74, 6) is -0.229. The van der Waals surface area contributed by atoms with Crippen LogP contribution in [0.15, 0.2) is 48.5 Å². The maximum absolute atomic E-state index is 12.0. The molecule has 0 radical (unpaired) electrons. The zero-order chi connectivity index (χ0) is 24.4. The van der Waals surface area contributed by atoms with Gasteiger partial charge in [-0.05, 0) is 68.3 Å². The van der Waals surface area contributed by atoms with Gasteiger partial charge in [-0.2, -0.15) is 0 Å². The summed E-state index contributed by atoms with van der Waals surface area (Å²) in [5.41, 5.74) is 3.75. The van der Waals surface area contributed by atoms with Crippen molar-refractivity contribution in [2.24, 2.45) is 0 Å². The number of carbonyl (C=O) groups is 1. The van der Waals surface area contributed by atoms with Crippen LogP contribution >= 0.6 is 0 Å². The van der Waals surface area contributed by atoms with Crippen LogP contribution in [0.3, 0.4) is 0 Å². The van der Waals surface area contributed by atoms with Gasteiger partial charge in [0.2, 0.25) is 0 Å². The second-order valence-corrected chi connectivity index (χ2v) is 11.0. The van der Waals surface area contributed by atoms with E-state index in [1.54, 1.807) is 0 Å². The lowest BCUT2D eigenvalue weighted by molar-refractivity contribution is -0.140. The summed E-state index contributed by atoms with van der Waals surface area (Å²) < 4.78 is 17.2. The molecular formula is C27H38BNO4. The first-order valence-corrected chi connectivity index (χ1v) is 11.7. The largest absolute Gasteiger partial charge is 0.494 e. The number of carbonyl (C=O) groups excluding carboxylic acids is 1. The van der Waals surface area contributed by atoms with E-state index in [1.165, 1.54) is 12.7 Å². The minimum Gasteiger partial charge on any atom is -0.469 e. The monoisotopic (exact) mass is 451 g/mol. The van der Waals surface area contributed by atoms with E-state index in [2.05, 4.69) is 90.2 Å². The molecule has 1 atom stereocenters. The van der Waals surface area contributed by atoms with Crippen molar-refractivity contribution in [1.82, 2.24) is 0 Å². The zero-order valence-electron chi connectivity index (χ0n) is 21.3. The van der Waals surface area contributed by atoms with Crippen molar-refractivity contribution in [3.63, 3.8) is 0 Å². The predicted molar refractivity (Wildman–Crippen MR) is 135 cm³/mol. The van der Waals surface area contributed by atoms with Gasteiger partial charge in [0.1, 0.15) is 0 Å². The van der Waals surface area contributed by atoms with Gasteiger partial charge in [-0.25, -0.2) is 0 Å². The van der Waals surface area contributed by atoms with Crippen molar-refractivity contribution in [2.75, 3.05) is 12.4 Å². The summed E-state index contributed by atoms with van der Waals surface area (Å²) in [6.07, 6.45) is 0.982. The molecule has 1 aliphatic rings. The molecule has 1 fully saturated rings. The Morgan fingerprint density at radius 3 is 2.00 bits per heavy atom. The number of benzene rings is 2. The maximum Gasteiger partial charge on any atom is 0.494 e. The van der Waals surface area contributed by atoms with E-state index in [0.29, 0.717) is 6.42 Å². The van der Waals surface area contributed by atoms with Gasteiger partial charge in [0, 0.05) is 11.7 Å². The first-order valence-electron chi connectivity index (χ1n) is 11.7. The van der Waals surface area contributed by atoms with Gasteiger partial charge in [-0.1, -0.05) is 57.2 Å². The first kappa shape index (κ1) is 25.3. The predicted octanol–water partition coefficient (Wildman–Crippen LogP) is 4.87. The topological polar surface area (TPSA) is 56.8 Å². The van der Waals surface area contributed by atoms with Gasteiger partial charge in [-0.3, -0.25) is 4.79 Å². The van der Waals surface area contributed by atoms with Gasteiger partial charge in [0.15, 0.2) is 0 Å².